The monoisotopic (exact) mass is 344 g/mol. The van der Waals surface area contributed by atoms with Gasteiger partial charge in [-0.25, -0.2) is 4.98 Å². The summed E-state index contributed by atoms with van der Waals surface area (Å²) >= 11 is 1.50. The number of esters is 1. The third kappa shape index (κ3) is 4.41. The summed E-state index contributed by atoms with van der Waals surface area (Å²) in [6, 6.07) is 8.33. The van der Waals surface area contributed by atoms with Crippen molar-refractivity contribution in [3.05, 3.63) is 40.9 Å². The fourth-order valence-corrected chi connectivity index (χ4v) is 3.10. The summed E-state index contributed by atoms with van der Waals surface area (Å²) in [6.07, 6.45) is 1.32. The molecule has 0 aliphatic heterocycles. The molecular weight excluding hydrogens is 324 g/mol. The average Bonchev–Trinajstić information content (AvgIpc) is 3.23. The molecule has 1 aromatic carbocycles. The molecule has 6 heteroatoms. The predicted molar refractivity (Wildman–Crippen MR) is 92.7 cm³/mol. The van der Waals surface area contributed by atoms with E-state index in [4.69, 9.17) is 4.74 Å². The number of nitrogens with one attached hydrogen (secondary N) is 1. The third-order valence-electron chi connectivity index (χ3n) is 3.74. The van der Waals surface area contributed by atoms with Crippen molar-refractivity contribution in [3.8, 4) is 10.6 Å². The van der Waals surface area contributed by atoms with E-state index in [9.17, 15) is 9.59 Å². The van der Waals surface area contributed by atoms with Crippen LogP contribution in [0.15, 0.2) is 29.6 Å². The molecule has 0 unspecified atom stereocenters. The van der Waals surface area contributed by atoms with E-state index in [1.807, 2.05) is 30.5 Å². The molecule has 2 aromatic rings. The van der Waals surface area contributed by atoms with Gasteiger partial charge in [-0.15, -0.1) is 11.3 Å². The molecule has 1 aromatic heterocycles. The maximum absolute atomic E-state index is 12.0. The molecule has 0 spiro atoms. The first-order valence-corrected chi connectivity index (χ1v) is 8.90. The van der Waals surface area contributed by atoms with Gasteiger partial charge in [0.15, 0.2) is 6.10 Å². The molecular formula is C18H20N2O3S. The maximum atomic E-state index is 12.0. The average molecular weight is 344 g/mol. The topological polar surface area (TPSA) is 68.3 Å². The normalized spacial score (nSPS) is 14.9. The fourth-order valence-electron chi connectivity index (χ4n) is 2.29. The molecule has 126 valence electrons. The highest BCUT2D eigenvalue weighted by atomic mass is 32.1. The summed E-state index contributed by atoms with van der Waals surface area (Å²) in [5.41, 5.74) is 2.87. The largest absolute Gasteiger partial charge is 0.452 e. The van der Waals surface area contributed by atoms with E-state index >= 15 is 0 Å². The Bertz CT molecular complexity index is 752. The molecule has 1 aliphatic rings. The van der Waals surface area contributed by atoms with Crippen LogP contribution in [0.4, 0.5) is 0 Å². The summed E-state index contributed by atoms with van der Waals surface area (Å²) in [4.78, 5) is 28.3. The number of ether oxygens (including phenoxy) is 1. The van der Waals surface area contributed by atoms with Crippen molar-refractivity contribution in [2.75, 3.05) is 0 Å². The van der Waals surface area contributed by atoms with Gasteiger partial charge in [0.1, 0.15) is 5.01 Å². The number of carbonyl (C=O) groups excluding carboxylic acids is 2. The molecule has 0 radical (unpaired) electrons. The summed E-state index contributed by atoms with van der Waals surface area (Å²) in [7, 11) is 0. The van der Waals surface area contributed by atoms with Gasteiger partial charge in [0.25, 0.3) is 5.91 Å². The number of hydrogen-bond donors (Lipinski definition) is 1. The minimum Gasteiger partial charge on any atom is -0.452 e. The number of aromatic nitrogens is 1. The Kier molecular flexibility index (Phi) is 4.94. The highest BCUT2D eigenvalue weighted by molar-refractivity contribution is 7.13. The lowest BCUT2D eigenvalue weighted by Crippen LogP contribution is -2.37. The Balaban J connectivity index is 1.55. The van der Waals surface area contributed by atoms with Crippen LogP contribution in [0.1, 0.15) is 31.0 Å². The number of aryl methyl sites for hydroxylation is 1. The van der Waals surface area contributed by atoms with E-state index < -0.39 is 12.1 Å². The quantitative estimate of drug-likeness (QED) is 0.818. The first kappa shape index (κ1) is 16.6. The van der Waals surface area contributed by atoms with Crippen molar-refractivity contribution >= 4 is 23.2 Å². The second-order valence-corrected chi connectivity index (χ2v) is 6.96. The Labute approximate surface area is 145 Å². The van der Waals surface area contributed by atoms with E-state index in [0.717, 1.165) is 23.4 Å². The van der Waals surface area contributed by atoms with Crippen LogP contribution < -0.4 is 5.32 Å². The van der Waals surface area contributed by atoms with Crippen molar-refractivity contribution in [1.82, 2.24) is 10.3 Å². The minimum atomic E-state index is -0.770. The smallest absolute Gasteiger partial charge is 0.312 e. The molecule has 1 fully saturated rings. The molecule has 1 heterocycles. The summed E-state index contributed by atoms with van der Waals surface area (Å²) in [6.45, 7) is 3.62. The van der Waals surface area contributed by atoms with E-state index in [0.29, 0.717) is 5.69 Å². The van der Waals surface area contributed by atoms with Crippen molar-refractivity contribution < 1.29 is 14.3 Å². The van der Waals surface area contributed by atoms with Crippen LogP contribution in [0.2, 0.25) is 0 Å². The van der Waals surface area contributed by atoms with E-state index in [1.165, 1.54) is 16.9 Å². The number of hydrogen-bond acceptors (Lipinski definition) is 5. The molecule has 1 N–H and O–H groups in total. The minimum absolute atomic E-state index is 0.0728. The van der Waals surface area contributed by atoms with Crippen molar-refractivity contribution in [2.24, 2.45) is 0 Å². The number of benzene rings is 1. The van der Waals surface area contributed by atoms with Gasteiger partial charge in [-0.3, -0.25) is 9.59 Å². The lowest BCUT2D eigenvalue weighted by atomic mass is 10.1. The van der Waals surface area contributed by atoms with Crippen LogP contribution in [0.3, 0.4) is 0 Å². The van der Waals surface area contributed by atoms with Crippen LogP contribution in [-0.2, 0) is 20.7 Å². The molecule has 0 saturated heterocycles. The van der Waals surface area contributed by atoms with Gasteiger partial charge in [-0.1, -0.05) is 23.8 Å². The van der Waals surface area contributed by atoms with Crippen LogP contribution in [0.25, 0.3) is 10.6 Å². The van der Waals surface area contributed by atoms with Crippen molar-refractivity contribution in [2.45, 2.75) is 45.3 Å². The molecule has 0 bridgehead atoms. The van der Waals surface area contributed by atoms with Gasteiger partial charge in [0.05, 0.1) is 12.1 Å². The zero-order valence-electron chi connectivity index (χ0n) is 13.7. The van der Waals surface area contributed by atoms with Crippen LogP contribution in [-0.4, -0.2) is 29.0 Å². The Morgan fingerprint density at radius 1 is 1.42 bits per heavy atom. The molecule has 1 atom stereocenters. The number of carbonyl (C=O) groups is 2. The van der Waals surface area contributed by atoms with Crippen LogP contribution >= 0.6 is 11.3 Å². The van der Waals surface area contributed by atoms with Gasteiger partial charge in [0.2, 0.25) is 0 Å². The van der Waals surface area contributed by atoms with Crippen LogP contribution in [0.5, 0.6) is 0 Å². The van der Waals surface area contributed by atoms with Crippen molar-refractivity contribution in [1.29, 1.82) is 0 Å². The number of nitrogens with zero attached hydrogens (tertiary/aromatic N) is 1. The Morgan fingerprint density at radius 2 is 2.21 bits per heavy atom. The number of rotatable bonds is 6. The molecule has 5 nitrogen and oxygen atoms in total. The zero-order chi connectivity index (χ0) is 17.1. The summed E-state index contributed by atoms with van der Waals surface area (Å²) in [5, 5.41) is 5.55. The van der Waals surface area contributed by atoms with Crippen LogP contribution in [0, 0.1) is 6.92 Å². The first-order valence-electron chi connectivity index (χ1n) is 8.02. The predicted octanol–water partition coefficient (Wildman–Crippen LogP) is 2.87. The first-order chi connectivity index (χ1) is 11.5. The molecule has 1 aliphatic carbocycles. The second-order valence-electron chi connectivity index (χ2n) is 6.11. The lowest BCUT2D eigenvalue weighted by molar-refractivity contribution is -0.154. The Morgan fingerprint density at radius 3 is 2.92 bits per heavy atom. The standard InChI is InChI=1S/C18H20N2O3S/c1-11-4-3-5-13(8-11)18-20-15(10-24-18)9-16(21)23-12(2)17(22)19-14-6-7-14/h3-5,8,10,12,14H,6-7,9H2,1-2H3,(H,19,22)/t12-/m1/s1. The van der Waals surface area contributed by atoms with E-state index in [1.54, 1.807) is 6.92 Å². The summed E-state index contributed by atoms with van der Waals surface area (Å²) < 4.78 is 5.19. The number of amides is 1. The highest BCUT2D eigenvalue weighted by Gasteiger charge is 2.27. The van der Waals surface area contributed by atoms with E-state index in [2.05, 4.69) is 16.4 Å². The lowest BCUT2D eigenvalue weighted by Gasteiger charge is -2.12. The molecule has 24 heavy (non-hydrogen) atoms. The van der Waals surface area contributed by atoms with Gasteiger partial charge >= 0.3 is 5.97 Å². The van der Waals surface area contributed by atoms with E-state index in [-0.39, 0.29) is 18.4 Å². The second kappa shape index (κ2) is 7.13. The molecule has 1 amide bonds. The number of thiazole rings is 1. The summed E-state index contributed by atoms with van der Waals surface area (Å²) in [5.74, 6) is -0.667. The SMILES string of the molecule is Cc1cccc(-c2nc(CC(=O)O[C@H](C)C(=O)NC3CC3)cs2)c1. The van der Waals surface area contributed by atoms with Gasteiger partial charge in [-0.05, 0) is 32.8 Å². The maximum Gasteiger partial charge on any atom is 0.312 e. The highest BCUT2D eigenvalue weighted by Crippen LogP contribution is 2.24. The van der Waals surface area contributed by atoms with Gasteiger partial charge in [0, 0.05) is 17.0 Å². The Hall–Kier alpha value is -2.21. The van der Waals surface area contributed by atoms with Gasteiger partial charge in [-0.2, -0.15) is 0 Å². The molecule has 1 saturated carbocycles. The zero-order valence-corrected chi connectivity index (χ0v) is 14.6. The fraction of sp³-hybridized carbons (Fsp3) is 0.389. The third-order valence-corrected chi connectivity index (χ3v) is 4.68. The molecule has 3 rings (SSSR count). The van der Waals surface area contributed by atoms with Crippen molar-refractivity contribution in [3.63, 3.8) is 0 Å². The van der Waals surface area contributed by atoms with Gasteiger partial charge < -0.3 is 10.1 Å².